The lowest BCUT2D eigenvalue weighted by atomic mass is 9.87. The number of carbonyl (C=O) groups excluding carboxylic acids is 4. The molecule has 0 heterocycles. The van der Waals surface area contributed by atoms with Crippen LogP contribution in [0.2, 0.25) is 0 Å². The summed E-state index contributed by atoms with van der Waals surface area (Å²) in [5.41, 5.74) is 3.25. The number of nitrogens with one attached hydrogen (secondary N) is 2. The molecule has 0 aliphatic heterocycles. The monoisotopic (exact) mass is 466 g/mol. The van der Waals surface area contributed by atoms with Gasteiger partial charge in [0.15, 0.2) is 5.78 Å². The highest BCUT2D eigenvalue weighted by Gasteiger charge is 2.34. The maximum absolute atomic E-state index is 13.3. The second-order valence-electron chi connectivity index (χ2n) is 8.49. The Morgan fingerprint density at radius 2 is 1.74 bits per heavy atom. The SMILES string of the molecule is CONC(=O)C(=O)C(CC(=O)C(CC1CC1)NC(=O)c1cccc(OC)c1)Cc1ccccc1. The molecule has 0 radical (unpaired) electrons. The van der Waals surface area contributed by atoms with Crippen molar-refractivity contribution in [2.75, 3.05) is 14.2 Å². The quantitative estimate of drug-likeness (QED) is 0.347. The van der Waals surface area contributed by atoms with Gasteiger partial charge in [-0.25, -0.2) is 5.48 Å². The number of methoxy groups -OCH3 is 1. The first-order valence-electron chi connectivity index (χ1n) is 11.3. The number of rotatable bonds is 13. The number of ether oxygens (including phenoxy) is 1. The molecule has 8 heteroatoms. The molecular weight excluding hydrogens is 436 g/mol. The number of hydrogen-bond donors (Lipinski definition) is 2. The molecule has 1 saturated carbocycles. The van der Waals surface area contributed by atoms with Crippen LogP contribution in [0.5, 0.6) is 5.75 Å². The van der Waals surface area contributed by atoms with E-state index >= 15 is 0 Å². The zero-order valence-corrected chi connectivity index (χ0v) is 19.4. The van der Waals surface area contributed by atoms with Crippen molar-refractivity contribution in [3.05, 3.63) is 65.7 Å². The molecule has 2 aromatic rings. The van der Waals surface area contributed by atoms with Gasteiger partial charge in [0.25, 0.3) is 5.91 Å². The van der Waals surface area contributed by atoms with Gasteiger partial charge in [0.2, 0.25) is 5.78 Å². The third-order valence-electron chi connectivity index (χ3n) is 5.85. The van der Waals surface area contributed by atoms with Crippen molar-refractivity contribution in [1.82, 2.24) is 10.8 Å². The molecule has 0 saturated heterocycles. The maximum Gasteiger partial charge on any atom is 0.311 e. The molecule has 2 aromatic carbocycles. The first-order chi connectivity index (χ1) is 16.4. The van der Waals surface area contributed by atoms with Gasteiger partial charge in [-0.3, -0.25) is 24.0 Å². The zero-order chi connectivity index (χ0) is 24.5. The Bertz CT molecular complexity index is 1020. The van der Waals surface area contributed by atoms with Crippen LogP contribution in [0.15, 0.2) is 54.6 Å². The van der Waals surface area contributed by atoms with Gasteiger partial charge in [-0.1, -0.05) is 49.2 Å². The van der Waals surface area contributed by atoms with Crippen LogP contribution in [0.4, 0.5) is 0 Å². The van der Waals surface area contributed by atoms with Crippen LogP contribution >= 0.6 is 0 Å². The van der Waals surface area contributed by atoms with Gasteiger partial charge in [-0.05, 0) is 42.5 Å². The number of amides is 2. The molecule has 2 amide bonds. The second-order valence-corrected chi connectivity index (χ2v) is 8.49. The van der Waals surface area contributed by atoms with E-state index in [2.05, 4.69) is 10.2 Å². The average Bonchev–Trinajstić information content (AvgIpc) is 3.67. The van der Waals surface area contributed by atoms with E-state index in [-0.39, 0.29) is 24.5 Å². The van der Waals surface area contributed by atoms with Crippen molar-refractivity contribution >= 4 is 23.4 Å². The predicted octanol–water partition coefficient (Wildman–Crippen LogP) is 2.66. The molecule has 2 atom stereocenters. The zero-order valence-electron chi connectivity index (χ0n) is 19.4. The lowest BCUT2D eigenvalue weighted by Gasteiger charge is -2.21. The first kappa shape index (κ1) is 25.1. The topological polar surface area (TPSA) is 111 Å². The predicted molar refractivity (Wildman–Crippen MR) is 125 cm³/mol. The molecule has 34 heavy (non-hydrogen) atoms. The number of hydroxylamine groups is 1. The Balaban J connectivity index is 1.76. The number of Topliss-reactive ketones (excluding diaryl/α,β-unsaturated/α-hetero) is 2. The van der Waals surface area contributed by atoms with Crippen LogP contribution in [0.3, 0.4) is 0 Å². The normalized spacial score (nSPS) is 14.5. The highest BCUT2D eigenvalue weighted by atomic mass is 16.6. The first-order valence-corrected chi connectivity index (χ1v) is 11.3. The molecule has 1 aliphatic carbocycles. The Hall–Kier alpha value is -3.52. The Kier molecular flexibility index (Phi) is 8.93. The molecule has 1 aliphatic rings. The fraction of sp³-hybridized carbons (Fsp3) is 0.385. The van der Waals surface area contributed by atoms with E-state index in [1.165, 1.54) is 14.2 Å². The molecule has 2 N–H and O–H groups in total. The molecular formula is C26H30N2O6. The van der Waals surface area contributed by atoms with Crippen molar-refractivity contribution in [2.24, 2.45) is 11.8 Å². The molecule has 0 bridgehead atoms. The summed E-state index contributed by atoms with van der Waals surface area (Å²) < 4.78 is 5.18. The summed E-state index contributed by atoms with van der Waals surface area (Å²) in [6, 6.07) is 15.1. The molecule has 180 valence electrons. The van der Waals surface area contributed by atoms with Crippen molar-refractivity contribution in [1.29, 1.82) is 0 Å². The van der Waals surface area contributed by atoms with E-state index in [9.17, 15) is 19.2 Å². The van der Waals surface area contributed by atoms with Gasteiger partial charge < -0.3 is 10.1 Å². The van der Waals surface area contributed by atoms with Crippen molar-refractivity contribution < 1.29 is 28.8 Å². The van der Waals surface area contributed by atoms with Gasteiger partial charge in [-0.2, -0.15) is 0 Å². The third-order valence-corrected chi connectivity index (χ3v) is 5.85. The summed E-state index contributed by atoms with van der Waals surface area (Å²) in [6.07, 6.45) is 2.57. The second kappa shape index (κ2) is 12.1. The van der Waals surface area contributed by atoms with Gasteiger partial charge in [0, 0.05) is 17.9 Å². The fourth-order valence-electron chi connectivity index (χ4n) is 3.83. The molecule has 3 rings (SSSR count). The summed E-state index contributed by atoms with van der Waals surface area (Å²) in [7, 11) is 2.75. The van der Waals surface area contributed by atoms with Crippen LogP contribution in [-0.4, -0.2) is 43.6 Å². The van der Waals surface area contributed by atoms with E-state index in [1.807, 2.05) is 35.8 Å². The van der Waals surface area contributed by atoms with Gasteiger partial charge >= 0.3 is 5.91 Å². The third kappa shape index (κ3) is 7.25. The minimum Gasteiger partial charge on any atom is -0.497 e. The molecule has 2 unspecified atom stereocenters. The van der Waals surface area contributed by atoms with Gasteiger partial charge in [0.1, 0.15) is 5.75 Å². The number of hydrogen-bond acceptors (Lipinski definition) is 6. The number of benzene rings is 2. The van der Waals surface area contributed by atoms with Crippen molar-refractivity contribution in [3.63, 3.8) is 0 Å². The molecule has 1 fully saturated rings. The fourth-order valence-corrected chi connectivity index (χ4v) is 3.83. The highest BCUT2D eigenvalue weighted by Crippen LogP contribution is 2.34. The van der Waals surface area contributed by atoms with E-state index in [0.717, 1.165) is 18.4 Å². The van der Waals surface area contributed by atoms with Crippen LogP contribution in [0.25, 0.3) is 0 Å². The summed E-state index contributed by atoms with van der Waals surface area (Å²) >= 11 is 0. The molecule has 0 aromatic heterocycles. The Labute approximate surface area is 199 Å². The largest absolute Gasteiger partial charge is 0.497 e. The Morgan fingerprint density at radius 3 is 2.38 bits per heavy atom. The van der Waals surface area contributed by atoms with E-state index in [1.54, 1.807) is 24.3 Å². The highest BCUT2D eigenvalue weighted by molar-refractivity contribution is 6.37. The van der Waals surface area contributed by atoms with Gasteiger partial charge in [0.05, 0.1) is 20.3 Å². The van der Waals surface area contributed by atoms with Crippen LogP contribution in [0.1, 0.15) is 41.6 Å². The smallest absolute Gasteiger partial charge is 0.311 e. The summed E-state index contributed by atoms with van der Waals surface area (Å²) in [4.78, 5) is 55.7. The average molecular weight is 467 g/mol. The Morgan fingerprint density at radius 1 is 1.00 bits per heavy atom. The maximum atomic E-state index is 13.3. The van der Waals surface area contributed by atoms with Crippen LogP contribution in [-0.2, 0) is 25.6 Å². The van der Waals surface area contributed by atoms with Crippen molar-refractivity contribution in [3.8, 4) is 5.75 Å². The minimum absolute atomic E-state index is 0.166. The molecule has 0 spiro atoms. The van der Waals surface area contributed by atoms with Gasteiger partial charge in [-0.15, -0.1) is 0 Å². The molecule has 8 nitrogen and oxygen atoms in total. The standard InChI is InChI=1S/C26H30N2O6/c1-33-21-10-6-9-19(15-21)25(31)27-22(14-18-11-12-18)23(29)16-20(24(30)26(32)28-34-2)13-17-7-4-3-5-8-17/h3-10,15,18,20,22H,11-14,16H2,1-2H3,(H,27,31)(H,28,32). The summed E-state index contributed by atoms with van der Waals surface area (Å²) in [6.45, 7) is 0. The summed E-state index contributed by atoms with van der Waals surface area (Å²) in [5, 5.41) is 2.84. The van der Waals surface area contributed by atoms with Crippen LogP contribution < -0.4 is 15.5 Å². The summed E-state index contributed by atoms with van der Waals surface area (Å²) in [5.74, 6) is -2.28. The lowest BCUT2D eigenvalue weighted by molar-refractivity contribution is -0.147. The minimum atomic E-state index is -0.907. The number of ketones is 2. The van der Waals surface area contributed by atoms with Crippen molar-refractivity contribution in [2.45, 2.75) is 38.1 Å². The van der Waals surface area contributed by atoms with Crippen LogP contribution in [0, 0.1) is 11.8 Å². The number of carbonyl (C=O) groups is 4. The van der Waals surface area contributed by atoms with E-state index in [0.29, 0.717) is 23.7 Å². The lowest BCUT2D eigenvalue weighted by Crippen LogP contribution is -2.43. The van der Waals surface area contributed by atoms with E-state index < -0.39 is 23.7 Å². The van der Waals surface area contributed by atoms with E-state index in [4.69, 9.17) is 4.74 Å².